The predicted octanol–water partition coefficient (Wildman–Crippen LogP) is 4.02. The van der Waals surface area contributed by atoms with E-state index in [0.29, 0.717) is 17.9 Å². The third-order valence-corrected chi connectivity index (χ3v) is 3.97. The van der Waals surface area contributed by atoms with E-state index in [0.717, 1.165) is 16.9 Å². The SMILES string of the molecule is NC(=O)c1cccc(NC(=O)/C=C/c2ccc(OCc3ccccc3)cc2)c1. The van der Waals surface area contributed by atoms with E-state index in [-0.39, 0.29) is 5.91 Å². The van der Waals surface area contributed by atoms with E-state index >= 15 is 0 Å². The number of nitrogens with one attached hydrogen (secondary N) is 1. The largest absolute Gasteiger partial charge is 0.489 e. The Kier molecular flexibility index (Phi) is 6.21. The van der Waals surface area contributed by atoms with E-state index in [9.17, 15) is 9.59 Å². The Balaban J connectivity index is 1.54. The lowest BCUT2D eigenvalue weighted by atomic mass is 10.2. The van der Waals surface area contributed by atoms with Crippen LogP contribution in [0.1, 0.15) is 21.5 Å². The van der Waals surface area contributed by atoms with Crippen LogP contribution in [0.15, 0.2) is 84.9 Å². The first-order valence-corrected chi connectivity index (χ1v) is 8.76. The monoisotopic (exact) mass is 372 g/mol. The summed E-state index contributed by atoms with van der Waals surface area (Å²) in [5.41, 5.74) is 8.06. The number of nitrogens with two attached hydrogens (primary N) is 1. The highest BCUT2D eigenvalue weighted by atomic mass is 16.5. The second kappa shape index (κ2) is 9.19. The fourth-order valence-electron chi connectivity index (χ4n) is 2.52. The summed E-state index contributed by atoms with van der Waals surface area (Å²) >= 11 is 0. The van der Waals surface area contributed by atoms with Crippen molar-refractivity contribution >= 4 is 23.6 Å². The molecule has 0 bridgehead atoms. The van der Waals surface area contributed by atoms with E-state index < -0.39 is 5.91 Å². The van der Waals surface area contributed by atoms with Crippen molar-refractivity contribution in [2.24, 2.45) is 5.73 Å². The molecule has 3 N–H and O–H groups in total. The van der Waals surface area contributed by atoms with Gasteiger partial charge in [0.15, 0.2) is 0 Å². The minimum atomic E-state index is -0.541. The Bertz CT molecular complexity index is 980. The predicted molar refractivity (Wildman–Crippen MR) is 110 cm³/mol. The molecule has 3 rings (SSSR count). The first-order valence-electron chi connectivity index (χ1n) is 8.76. The number of primary amides is 1. The van der Waals surface area contributed by atoms with E-state index in [1.54, 1.807) is 24.3 Å². The molecule has 0 atom stereocenters. The van der Waals surface area contributed by atoms with Crippen molar-refractivity contribution in [1.82, 2.24) is 0 Å². The van der Waals surface area contributed by atoms with Crippen molar-refractivity contribution in [3.8, 4) is 5.75 Å². The zero-order valence-electron chi connectivity index (χ0n) is 15.2. The average Bonchev–Trinajstić information content (AvgIpc) is 2.72. The van der Waals surface area contributed by atoms with Gasteiger partial charge in [-0.15, -0.1) is 0 Å². The average molecular weight is 372 g/mol. The van der Waals surface area contributed by atoms with Gasteiger partial charge in [-0.1, -0.05) is 48.5 Å². The molecule has 0 spiro atoms. The molecule has 0 heterocycles. The molecule has 0 saturated carbocycles. The normalized spacial score (nSPS) is 10.6. The quantitative estimate of drug-likeness (QED) is 0.615. The summed E-state index contributed by atoms with van der Waals surface area (Å²) in [7, 11) is 0. The van der Waals surface area contributed by atoms with Crippen molar-refractivity contribution < 1.29 is 14.3 Å². The summed E-state index contributed by atoms with van der Waals surface area (Å²) in [5, 5.41) is 2.70. The minimum absolute atomic E-state index is 0.300. The molecule has 0 radical (unpaired) electrons. The van der Waals surface area contributed by atoms with Gasteiger partial charge < -0.3 is 15.8 Å². The number of anilines is 1. The molecule has 0 saturated heterocycles. The number of hydrogen-bond acceptors (Lipinski definition) is 3. The molecule has 0 aliphatic carbocycles. The molecule has 0 aliphatic rings. The van der Waals surface area contributed by atoms with Gasteiger partial charge in [0.05, 0.1) is 0 Å². The maximum atomic E-state index is 12.1. The van der Waals surface area contributed by atoms with Gasteiger partial charge in [0.1, 0.15) is 12.4 Å². The molecule has 0 fully saturated rings. The number of hydrogen-bond donors (Lipinski definition) is 2. The highest BCUT2D eigenvalue weighted by Crippen LogP contribution is 2.15. The Morgan fingerprint density at radius 3 is 2.39 bits per heavy atom. The van der Waals surface area contributed by atoms with Crippen LogP contribution in [0.2, 0.25) is 0 Å². The van der Waals surface area contributed by atoms with Gasteiger partial charge in [0.2, 0.25) is 11.8 Å². The zero-order valence-corrected chi connectivity index (χ0v) is 15.2. The van der Waals surface area contributed by atoms with Crippen LogP contribution in [0.5, 0.6) is 5.75 Å². The standard InChI is InChI=1S/C23H20N2O3/c24-23(27)19-7-4-8-20(15-19)25-22(26)14-11-17-9-12-21(13-10-17)28-16-18-5-2-1-3-6-18/h1-15H,16H2,(H2,24,27)(H,25,26)/b14-11+. The summed E-state index contributed by atoms with van der Waals surface area (Å²) in [6, 6.07) is 23.9. The van der Waals surface area contributed by atoms with Crippen molar-refractivity contribution in [3.63, 3.8) is 0 Å². The first-order chi connectivity index (χ1) is 13.6. The van der Waals surface area contributed by atoms with Crippen LogP contribution in [0.3, 0.4) is 0 Å². The maximum Gasteiger partial charge on any atom is 0.248 e. The van der Waals surface area contributed by atoms with Crippen LogP contribution >= 0.6 is 0 Å². The second-order valence-electron chi connectivity index (χ2n) is 6.11. The zero-order chi connectivity index (χ0) is 19.8. The molecule has 3 aromatic carbocycles. The Labute approximate surface area is 163 Å². The number of benzene rings is 3. The van der Waals surface area contributed by atoms with Crippen molar-refractivity contribution in [1.29, 1.82) is 0 Å². The van der Waals surface area contributed by atoms with E-state index in [1.165, 1.54) is 12.1 Å². The third-order valence-electron chi connectivity index (χ3n) is 3.97. The van der Waals surface area contributed by atoms with E-state index in [4.69, 9.17) is 10.5 Å². The summed E-state index contributed by atoms with van der Waals surface area (Å²) in [5.74, 6) is -0.0824. The van der Waals surface area contributed by atoms with Crippen LogP contribution in [0.4, 0.5) is 5.69 Å². The molecular formula is C23H20N2O3. The van der Waals surface area contributed by atoms with Gasteiger partial charge >= 0.3 is 0 Å². The van der Waals surface area contributed by atoms with Gasteiger partial charge in [-0.3, -0.25) is 9.59 Å². The van der Waals surface area contributed by atoms with Crippen LogP contribution in [0, 0.1) is 0 Å². The number of carbonyl (C=O) groups excluding carboxylic acids is 2. The fourth-order valence-corrected chi connectivity index (χ4v) is 2.52. The Morgan fingerprint density at radius 2 is 1.68 bits per heavy atom. The molecule has 0 unspecified atom stereocenters. The molecular weight excluding hydrogens is 352 g/mol. The lowest BCUT2D eigenvalue weighted by Crippen LogP contribution is -2.12. The highest BCUT2D eigenvalue weighted by Gasteiger charge is 2.03. The molecule has 3 aromatic rings. The summed E-state index contributed by atoms with van der Waals surface area (Å²) in [6.07, 6.45) is 3.13. The molecule has 0 aliphatic heterocycles. The molecule has 28 heavy (non-hydrogen) atoms. The maximum absolute atomic E-state index is 12.1. The van der Waals surface area contributed by atoms with Gasteiger partial charge in [-0.2, -0.15) is 0 Å². The second-order valence-corrected chi connectivity index (χ2v) is 6.11. The van der Waals surface area contributed by atoms with Crippen LogP contribution in [-0.4, -0.2) is 11.8 Å². The van der Waals surface area contributed by atoms with E-state index in [2.05, 4.69) is 5.32 Å². The number of carbonyl (C=O) groups is 2. The van der Waals surface area contributed by atoms with Gasteiger partial charge in [-0.05, 0) is 47.5 Å². The molecule has 5 nitrogen and oxygen atoms in total. The van der Waals surface area contributed by atoms with E-state index in [1.807, 2.05) is 54.6 Å². The Hall–Kier alpha value is -3.86. The fraction of sp³-hybridized carbons (Fsp3) is 0.0435. The first kappa shape index (κ1) is 18.9. The molecule has 140 valence electrons. The summed E-state index contributed by atoms with van der Waals surface area (Å²) in [6.45, 7) is 0.503. The molecule has 5 heteroatoms. The van der Waals surface area contributed by atoms with Crippen molar-refractivity contribution in [3.05, 3.63) is 102 Å². The lowest BCUT2D eigenvalue weighted by molar-refractivity contribution is -0.111. The van der Waals surface area contributed by atoms with Gasteiger partial charge in [0, 0.05) is 17.3 Å². The van der Waals surface area contributed by atoms with Crippen LogP contribution in [-0.2, 0) is 11.4 Å². The highest BCUT2D eigenvalue weighted by molar-refractivity contribution is 6.03. The third kappa shape index (κ3) is 5.57. The lowest BCUT2D eigenvalue weighted by Gasteiger charge is -2.06. The minimum Gasteiger partial charge on any atom is -0.489 e. The molecule has 0 aromatic heterocycles. The Morgan fingerprint density at radius 1 is 0.929 bits per heavy atom. The smallest absolute Gasteiger partial charge is 0.248 e. The number of ether oxygens (including phenoxy) is 1. The van der Waals surface area contributed by atoms with Gasteiger partial charge in [0.25, 0.3) is 0 Å². The summed E-state index contributed by atoms with van der Waals surface area (Å²) < 4.78 is 5.74. The van der Waals surface area contributed by atoms with Crippen LogP contribution in [0.25, 0.3) is 6.08 Å². The number of rotatable bonds is 7. The van der Waals surface area contributed by atoms with Crippen molar-refractivity contribution in [2.45, 2.75) is 6.61 Å². The molecule has 2 amide bonds. The summed E-state index contributed by atoms with van der Waals surface area (Å²) in [4.78, 5) is 23.2. The van der Waals surface area contributed by atoms with Gasteiger partial charge in [-0.25, -0.2) is 0 Å². The topological polar surface area (TPSA) is 81.4 Å². The van der Waals surface area contributed by atoms with Crippen molar-refractivity contribution in [2.75, 3.05) is 5.32 Å². The number of amides is 2. The van der Waals surface area contributed by atoms with Crippen LogP contribution < -0.4 is 15.8 Å².